The highest BCUT2D eigenvalue weighted by molar-refractivity contribution is 5.91. The van der Waals surface area contributed by atoms with Crippen LogP contribution < -0.4 is 4.90 Å². The van der Waals surface area contributed by atoms with Crippen LogP contribution in [-0.4, -0.2) is 11.7 Å². The summed E-state index contributed by atoms with van der Waals surface area (Å²) >= 11 is 0. The number of rotatable bonds is 1. The summed E-state index contributed by atoms with van der Waals surface area (Å²) in [6.45, 7) is 5.50. The van der Waals surface area contributed by atoms with Gasteiger partial charge in [0.1, 0.15) is 5.60 Å². The van der Waals surface area contributed by atoms with Gasteiger partial charge in [-0.2, -0.15) is 0 Å². The summed E-state index contributed by atoms with van der Waals surface area (Å²) < 4.78 is 5.43. The lowest BCUT2D eigenvalue weighted by Crippen LogP contribution is -2.33. The van der Waals surface area contributed by atoms with E-state index in [1.807, 2.05) is 81.4 Å². The summed E-state index contributed by atoms with van der Waals surface area (Å²) in [5.41, 5.74) is 0.950. The van der Waals surface area contributed by atoms with Crippen LogP contribution >= 0.6 is 0 Å². The average molecular weight is 293 g/mol. The van der Waals surface area contributed by atoms with Crippen LogP contribution in [0.5, 0.6) is 0 Å². The Morgan fingerprint density at radius 3 is 2.05 bits per heavy atom. The normalized spacial score (nSPS) is 10.3. The summed E-state index contributed by atoms with van der Waals surface area (Å²) in [5.74, 6) is 2.98. The summed E-state index contributed by atoms with van der Waals surface area (Å²) in [4.78, 5) is 13.7. The molecule has 0 N–H and O–H groups in total. The summed E-state index contributed by atoms with van der Waals surface area (Å²) in [6.07, 6.45) is -0.484. The molecule has 1 amide bonds. The molecule has 0 atom stereocenters. The monoisotopic (exact) mass is 293 g/mol. The first-order valence-corrected chi connectivity index (χ1v) is 7.10. The highest BCUT2D eigenvalue weighted by atomic mass is 16.6. The van der Waals surface area contributed by atoms with Gasteiger partial charge in [0.05, 0.1) is 5.69 Å². The van der Waals surface area contributed by atoms with Gasteiger partial charge >= 0.3 is 6.09 Å². The minimum Gasteiger partial charge on any atom is -0.443 e. The molecule has 0 spiro atoms. The second-order valence-corrected chi connectivity index (χ2v) is 5.75. The Bertz CT molecular complexity index is 676. The van der Waals surface area contributed by atoms with Gasteiger partial charge in [0.25, 0.3) is 0 Å². The van der Waals surface area contributed by atoms with Gasteiger partial charge in [-0.25, -0.2) is 9.69 Å². The smallest absolute Gasteiger partial charge is 0.426 e. The van der Waals surface area contributed by atoms with Crippen molar-refractivity contribution in [1.29, 1.82) is 0 Å². The van der Waals surface area contributed by atoms with Crippen LogP contribution in [0.2, 0.25) is 0 Å². The van der Waals surface area contributed by atoms with Crippen LogP contribution in [0.4, 0.5) is 10.5 Å². The molecule has 3 nitrogen and oxygen atoms in total. The molecule has 0 heterocycles. The van der Waals surface area contributed by atoms with Gasteiger partial charge in [0, 0.05) is 11.6 Å². The zero-order valence-electron chi connectivity index (χ0n) is 13.0. The SMILES string of the molecule is CC(C)(C)OC(=O)N(C#Cc1ccccc1)c1ccccc1. The van der Waals surface area contributed by atoms with Gasteiger partial charge in [-0.1, -0.05) is 36.4 Å². The van der Waals surface area contributed by atoms with Crippen molar-refractivity contribution in [1.82, 2.24) is 0 Å². The number of anilines is 1. The molecule has 0 unspecified atom stereocenters. The van der Waals surface area contributed by atoms with Crippen molar-refractivity contribution in [3.8, 4) is 12.0 Å². The first-order chi connectivity index (χ1) is 10.5. The molecule has 0 fully saturated rings. The van der Waals surface area contributed by atoms with E-state index in [4.69, 9.17) is 4.74 Å². The number of hydrogen-bond donors (Lipinski definition) is 0. The van der Waals surface area contributed by atoms with E-state index >= 15 is 0 Å². The van der Waals surface area contributed by atoms with Crippen LogP contribution in [0.3, 0.4) is 0 Å². The lowest BCUT2D eigenvalue weighted by atomic mass is 10.2. The molecule has 2 aromatic rings. The van der Waals surface area contributed by atoms with E-state index in [0.717, 1.165) is 5.56 Å². The molecule has 0 saturated heterocycles. The van der Waals surface area contributed by atoms with Crippen molar-refractivity contribution >= 4 is 11.8 Å². The molecule has 3 heteroatoms. The molecular weight excluding hydrogens is 274 g/mol. The Morgan fingerprint density at radius 1 is 0.955 bits per heavy atom. The van der Waals surface area contributed by atoms with Gasteiger partial charge in [0.2, 0.25) is 0 Å². The first kappa shape index (κ1) is 15.7. The molecule has 2 aromatic carbocycles. The Balaban J connectivity index is 2.31. The number of hydrogen-bond acceptors (Lipinski definition) is 2. The molecule has 0 aliphatic rings. The van der Waals surface area contributed by atoms with E-state index in [1.165, 1.54) is 4.90 Å². The maximum Gasteiger partial charge on any atom is 0.426 e. The average Bonchev–Trinajstić information content (AvgIpc) is 2.48. The topological polar surface area (TPSA) is 29.5 Å². The van der Waals surface area contributed by atoms with Crippen LogP contribution in [0.25, 0.3) is 0 Å². The second kappa shape index (κ2) is 6.82. The van der Waals surface area contributed by atoms with Crippen LogP contribution in [0, 0.1) is 12.0 Å². The van der Waals surface area contributed by atoms with E-state index in [1.54, 1.807) is 0 Å². The molecule has 2 rings (SSSR count). The van der Waals surface area contributed by atoms with Gasteiger partial charge in [-0.05, 0) is 51.0 Å². The maximum atomic E-state index is 12.4. The van der Waals surface area contributed by atoms with E-state index in [9.17, 15) is 4.79 Å². The fourth-order valence-electron chi connectivity index (χ4n) is 1.74. The van der Waals surface area contributed by atoms with Crippen LogP contribution in [0.1, 0.15) is 26.3 Å². The molecule has 0 bridgehead atoms. The Morgan fingerprint density at radius 2 is 1.50 bits per heavy atom. The van der Waals surface area contributed by atoms with E-state index < -0.39 is 11.7 Å². The fourth-order valence-corrected chi connectivity index (χ4v) is 1.74. The van der Waals surface area contributed by atoms with Crippen molar-refractivity contribution in [3.63, 3.8) is 0 Å². The van der Waals surface area contributed by atoms with Crippen LogP contribution in [0.15, 0.2) is 60.7 Å². The Hall–Kier alpha value is -2.73. The molecular formula is C19H19NO2. The minimum absolute atomic E-state index is 0.484. The molecule has 0 aliphatic carbocycles. The quantitative estimate of drug-likeness (QED) is 0.574. The zero-order valence-corrected chi connectivity index (χ0v) is 13.0. The van der Waals surface area contributed by atoms with Crippen LogP contribution in [-0.2, 0) is 4.74 Å². The van der Waals surface area contributed by atoms with Gasteiger partial charge in [0.15, 0.2) is 0 Å². The van der Waals surface area contributed by atoms with E-state index in [0.29, 0.717) is 5.69 Å². The molecule has 0 radical (unpaired) electrons. The Kier molecular flexibility index (Phi) is 4.85. The molecule has 0 aromatic heterocycles. The number of para-hydroxylation sites is 1. The van der Waals surface area contributed by atoms with Gasteiger partial charge in [-0.15, -0.1) is 0 Å². The lowest BCUT2D eigenvalue weighted by molar-refractivity contribution is 0.0600. The predicted octanol–water partition coefficient (Wildman–Crippen LogP) is 4.44. The maximum absolute atomic E-state index is 12.4. The number of nitrogens with zero attached hydrogens (tertiary/aromatic N) is 1. The largest absolute Gasteiger partial charge is 0.443 e. The highest BCUT2D eigenvalue weighted by Crippen LogP contribution is 2.17. The zero-order chi connectivity index (χ0) is 16.0. The minimum atomic E-state index is -0.571. The third-order valence-electron chi connectivity index (χ3n) is 2.68. The second-order valence-electron chi connectivity index (χ2n) is 5.75. The third-order valence-corrected chi connectivity index (χ3v) is 2.68. The van der Waals surface area contributed by atoms with Crippen molar-refractivity contribution in [3.05, 3.63) is 66.2 Å². The third kappa shape index (κ3) is 4.68. The fraction of sp³-hybridized carbons (Fsp3) is 0.211. The van der Waals surface area contributed by atoms with E-state index in [2.05, 4.69) is 12.0 Å². The lowest BCUT2D eigenvalue weighted by Gasteiger charge is -2.23. The number of amides is 1. The summed E-state index contributed by atoms with van der Waals surface area (Å²) in [5, 5.41) is 0. The van der Waals surface area contributed by atoms with Crippen molar-refractivity contribution in [2.45, 2.75) is 26.4 Å². The molecule has 112 valence electrons. The molecule has 0 saturated carbocycles. The van der Waals surface area contributed by atoms with Crippen molar-refractivity contribution in [2.75, 3.05) is 4.90 Å². The highest BCUT2D eigenvalue weighted by Gasteiger charge is 2.22. The standard InChI is InChI=1S/C19H19NO2/c1-19(2,3)22-18(21)20(17-12-8-5-9-13-17)15-14-16-10-6-4-7-11-16/h4-13H,1-3H3. The molecule has 22 heavy (non-hydrogen) atoms. The molecule has 0 aliphatic heterocycles. The number of carbonyl (C=O) groups is 1. The van der Waals surface area contributed by atoms with Crippen molar-refractivity contribution in [2.24, 2.45) is 0 Å². The van der Waals surface area contributed by atoms with E-state index in [-0.39, 0.29) is 0 Å². The first-order valence-electron chi connectivity index (χ1n) is 7.10. The number of benzene rings is 2. The van der Waals surface area contributed by atoms with Gasteiger partial charge < -0.3 is 4.74 Å². The van der Waals surface area contributed by atoms with Gasteiger partial charge in [-0.3, -0.25) is 0 Å². The Labute approximate surface area is 131 Å². The summed E-state index contributed by atoms with van der Waals surface area (Å²) in [7, 11) is 0. The predicted molar refractivity (Wildman–Crippen MR) is 88.5 cm³/mol. The number of ether oxygens (including phenoxy) is 1. The van der Waals surface area contributed by atoms with Crippen molar-refractivity contribution < 1.29 is 9.53 Å². The number of carbonyl (C=O) groups excluding carboxylic acids is 1. The summed E-state index contributed by atoms with van der Waals surface area (Å²) in [6, 6.07) is 21.7.